The maximum atomic E-state index is 12.0. The fraction of sp³-hybridized carbons (Fsp3) is 0.571. The van der Waals surface area contributed by atoms with Crippen LogP contribution in [-0.2, 0) is 6.54 Å². The molecule has 4 nitrogen and oxygen atoms in total. The molecule has 19 heavy (non-hydrogen) atoms. The van der Waals surface area contributed by atoms with Gasteiger partial charge in [0, 0.05) is 19.5 Å². The number of halogens is 1. The highest BCUT2D eigenvalue weighted by Gasteiger charge is 2.09. The number of hydrogen-bond acceptors (Lipinski definition) is 3. The third-order valence-corrected chi connectivity index (χ3v) is 3.35. The Kier molecular flexibility index (Phi) is 6.65. The van der Waals surface area contributed by atoms with Crippen LogP contribution in [-0.4, -0.2) is 16.3 Å². The Balaban J connectivity index is 2.64. The van der Waals surface area contributed by atoms with Gasteiger partial charge in [-0.15, -0.1) is 12.3 Å². The van der Waals surface area contributed by atoms with Crippen molar-refractivity contribution in [3.63, 3.8) is 0 Å². The minimum absolute atomic E-state index is 0.0951. The topological polar surface area (TPSA) is 46.9 Å². The molecule has 0 atom stereocenters. The molecule has 1 aromatic heterocycles. The molecule has 0 radical (unpaired) electrons. The average Bonchev–Trinajstić information content (AvgIpc) is 2.37. The van der Waals surface area contributed by atoms with Gasteiger partial charge in [0.2, 0.25) is 0 Å². The van der Waals surface area contributed by atoms with Crippen molar-refractivity contribution in [3.8, 4) is 12.3 Å². The quantitative estimate of drug-likeness (QED) is 0.619. The fourth-order valence-corrected chi connectivity index (χ4v) is 2.09. The van der Waals surface area contributed by atoms with Crippen molar-refractivity contribution < 1.29 is 0 Å². The molecule has 0 saturated heterocycles. The molecular weight excluding hydrogens is 306 g/mol. The normalized spacial score (nSPS) is 10.5. The molecule has 0 saturated carbocycles. The Morgan fingerprint density at radius 3 is 2.89 bits per heavy atom. The minimum atomic E-state index is -0.0951. The number of terminal acetylenes is 1. The van der Waals surface area contributed by atoms with Gasteiger partial charge in [-0.05, 0) is 34.7 Å². The highest BCUT2D eigenvalue weighted by molar-refractivity contribution is 9.10. The first kappa shape index (κ1) is 15.8. The van der Waals surface area contributed by atoms with Crippen molar-refractivity contribution in [2.24, 2.45) is 5.92 Å². The highest BCUT2D eigenvalue weighted by atomic mass is 79.9. The maximum Gasteiger partial charge on any atom is 0.283 e. The maximum absolute atomic E-state index is 12.0. The monoisotopic (exact) mass is 325 g/mol. The standard InChI is InChI=1S/C14H20BrN3O/c1-4-5-6-7-8-16-12-9-17-18(10-11(2)3)14(19)13(12)15/h1,9,11,16H,5-8,10H2,2-3H3. The molecule has 5 heteroatoms. The van der Waals surface area contributed by atoms with E-state index in [9.17, 15) is 4.79 Å². The summed E-state index contributed by atoms with van der Waals surface area (Å²) in [6.07, 6.45) is 9.63. The molecule has 104 valence electrons. The number of anilines is 1. The summed E-state index contributed by atoms with van der Waals surface area (Å²) in [5, 5.41) is 7.38. The summed E-state index contributed by atoms with van der Waals surface area (Å²) in [6, 6.07) is 0. The summed E-state index contributed by atoms with van der Waals surface area (Å²) < 4.78 is 2.03. The van der Waals surface area contributed by atoms with Crippen LogP contribution in [0.4, 0.5) is 5.69 Å². The number of unbranched alkanes of at least 4 members (excludes halogenated alkanes) is 2. The number of nitrogens with zero attached hydrogens (tertiary/aromatic N) is 2. The zero-order valence-corrected chi connectivity index (χ0v) is 13.0. The van der Waals surface area contributed by atoms with Gasteiger partial charge in [0.25, 0.3) is 5.56 Å². The van der Waals surface area contributed by atoms with Crippen LogP contribution in [0.2, 0.25) is 0 Å². The van der Waals surface area contributed by atoms with E-state index in [1.165, 1.54) is 4.68 Å². The first-order valence-electron chi connectivity index (χ1n) is 6.49. The number of rotatable bonds is 7. The van der Waals surface area contributed by atoms with Crippen LogP contribution in [0, 0.1) is 18.3 Å². The number of hydrogen-bond donors (Lipinski definition) is 1. The smallest absolute Gasteiger partial charge is 0.283 e. The third kappa shape index (κ3) is 5.07. The van der Waals surface area contributed by atoms with Gasteiger partial charge < -0.3 is 5.32 Å². The molecule has 0 amide bonds. The van der Waals surface area contributed by atoms with Crippen molar-refractivity contribution in [1.82, 2.24) is 9.78 Å². The van der Waals surface area contributed by atoms with Crippen LogP contribution < -0.4 is 10.9 Å². The van der Waals surface area contributed by atoms with E-state index >= 15 is 0 Å². The van der Waals surface area contributed by atoms with E-state index < -0.39 is 0 Å². The van der Waals surface area contributed by atoms with Gasteiger partial charge in [0.05, 0.1) is 11.9 Å². The highest BCUT2D eigenvalue weighted by Crippen LogP contribution is 2.16. The third-order valence-electron chi connectivity index (χ3n) is 2.59. The molecule has 0 fully saturated rings. The number of aromatic nitrogens is 2. The Morgan fingerprint density at radius 2 is 2.26 bits per heavy atom. The van der Waals surface area contributed by atoms with Crippen molar-refractivity contribution in [3.05, 3.63) is 21.0 Å². The van der Waals surface area contributed by atoms with E-state index in [2.05, 4.69) is 46.1 Å². The van der Waals surface area contributed by atoms with E-state index in [1.54, 1.807) is 6.20 Å². The first-order chi connectivity index (χ1) is 9.06. The van der Waals surface area contributed by atoms with Gasteiger partial charge in [-0.25, -0.2) is 4.68 Å². The molecule has 1 N–H and O–H groups in total. The van der Waals surface area contributed by atoms with Gasteiger partial charge in [-0.1, -0.05) is 13.8 Å². The Morgan fingerprint density at radius 1 is 1.53 bits per heavy atom. The lowest BCUT2D eigenvalue weighted by atomic mass is 10.2. The molecule has 1 aromatic rings. The molecule has 0 bridgehead atoms. The van der Waals surface area contributed by atoms with Gasteiger partial charge >= 0.3 is 0 Å². The van der Waals surface area contributed by atoms with E-state index in [0.717, 1.165) is 31.5 Å². The molecule has 0 aliphatic heterocycles. The Labute approximate surface area is 122 Å². The van der Waals surface area contributed by atoms with Crippen LogP contribution in [0.3, 0.4) is 0 Å². The molecule has 1 heterocycles. The van der Waals surface area contributed by atoms with Crippen LogP contribution in [0.1, 0.15) is 33.1 Å². The predicted molar refractivity (Wildman–Crippen MR) is 82.2 cm³/mol. The summed E-state index contributed by atoms with van der Waals surface area (Å²) in [5.41, 5.74) is 0.646. The average molecular weight is 326 g/mol. The van der Waals surface area contributed by atoms with Crippen LogP contribution >= 0.6 is 15.9 Å². The largest absolute Gasteiger partial charge is 0.383 e. The van der Waals surface area contributed by atoms with Gasteiger partial charge in [-0.2, -0.15) is 5.10 Å². The molecule has 0 unspecified atom stereocenters. The zero-order valence-electron chi connectivity index (χ0n) is 11.4. The summed E-state index contributed by atoms with van der Waals surface area (Å²) in [7, 11) is 0. The summed E-state index contributed by atoms with van der Waals surface area (Å²) in [6.45, 7) is 5.52. The lowest BCUT2D eigenvalue weighted by Gasteiger charge is -2.11. The molecule has 0 aromatic carbocycles. The summed E-state index contributed by atoms with van der Waals surface area (Å²) in [5.74, 6) is 3.00. The molecule has 1 rings (SSSR count). The summed E-state index contributed by atoms with van der Waals surface area (Å²) >= 11 is 3.34. The molecular formula is C14H20BrN3O. The lowest BCUT2D eigenvalue weighted by molar-refractivity contribution is 0.462. The van der Waals surface area contributed by atoms with Crippen molar-refractivity contribution >= 4 is 21.6 Å². The van der Waals surface area contributed by atoms with Crippen LogP contribution in [0.15, 0.2) is 15.5 Å². The number of nitrogens with one attached hydrogen (secondary N) is 1. The SMILES string of the molecule is C#CCCCCNc1cnn(CC(C)C)c(=O)c1Br. The Bertz CT molecular complexity index is 502. The molecule has 0 aliphatic rings. The second-order valence-corrected chi connectivity index (χ2v) is 5.63. The van der Waals surface area contributed by atoms with E-state index in [1.807, 2.05) is 0 Å². The van der Waals surface area contributed by atoms with Gasteiger partial charge in [-0.3, -0.25) is 4.79 Å². The van der Waals surface area contributed by atoms with Crippen molar-refractivity contribution in [1.29, 1.82) is 0 Å². The minimum Gasteiger partial charge on any atom is -0.383 e. The predicted octanol–water partition coefficient (Wildman–Crippen LogP) is 2.88. The van der Waals surface area contributed by atoms with Crippen LogP contribution in [0.5, 0.6) is 0 Å². The first-order valence-corrected chi connectivity index (χ1v) is 7.28. The summed E-state index contributed by atoms with van der Waals surface area (Å²) in [4.78, 5) is 12.0. The van der Waals surface area contributed by atoms with Gasteiger partial charge in [0.15, 0.2) is 0 Å². The molecule has 0 aliphatic carbocycles. The van der Waals surface area contributed by atoms with Crippen molar-refractivity contribution in [2.45, 2.75) is 39.7 Å². The fourth-order valence-electron chi connectivity index (χ4n) is 1.64. The molecule has 0 spiro atoms. The van der Waals surface area contributed by atoms with Crippen LogP contribution in [0.25, 0.3) is 0 Å². The Hall–Kier alpha value is -1.28. The van der Waals surface area contributed by atoms with Gasteiger partial charge in [0.1, 0.15) is 4.47 Å². The van der Waals surface area contributed by atoms with Crippen molar-refractivity contribution in [2.75, 3.05) is 11.9 Å². The van der Waals surface area contributed by atoms with E-state index in [0.29, 0.717) is 16.9 Å². The second-order valence-electron chi connectivity index (χ2n) is 4.84. The van der Waals surface area contributed by atoms with E-state index in [4.69, 9.17) is 6.42 Å². The second kappa shape index (κ2) is 8.00. The lowest BCUT2D eigenvalue weighted by Crippen LogP contribution is -2.26. The van der Waals surface area contributed by atoms with E-state index in [-0.39, 0.29) is 5.56 Å². The zero-order chi connectivity index (χ0) is 14.3.